The molecule has 3 heterocycles. The second-order valence-electron chi connectivity index (χ2n) is 11.8. The number of hydrogen-bond donors (Lipinski definition) is 2. The summed E-state index contributed by atoms with van der Waals surface area (Å²) < 4.78 is 11.6. The van der Waals surface area contributed by atoms with E-state index in [-0.39, 0.29) is 24.6 Å². The van der Waals surface area contributed by atoms with Gasteiger partial charge in [0.15, 0.2) is 5.75 Å². The van der Waals surface area contributed by atoms with E-state index in [1.165, 1.54) is 0 Å². The van der Waals surface area contributed by atoms with Crippen molar-refractivity contribution in [3.63, 3.8) is 0 Å². The zero-order chi connectivity index (χ0) is 31.7. The topological polar surface area (TPSA) is 83.9 Å². The van der Waals surface area contributed by atoms with Crippen LogP contribution in [0, 0.1) is 0 Å². The van der Waals surface area contributed by atoms with Crippen LogP contribution in [-0.4, -0.2) is 52.2 Å². The van der Waals surface area contributed by atoms with Gasteiger partial charge in [-0.25, -0.2) is 4.98 Å². The standard InChI is InChI=1S/C33H35Cl4N3O4S/c1-18(41)20-12-25(35)32(26(36)13-20)44-11-10-43-17-29-38-15-28(45-29)23-14-21-5-3-7-27(39-21)30(23)33(42)40(22-8-9-22)16-19-4-2-6-24(34)31(19)37/h2,4,6,12-13,15,18,21-22,27,39,41H,3,5,7-11,14,16-17H2,1H3/t18-,21+,27-/m0/s1. The van der Waals surface area contributed by atoms with Crippen molar-refractivity contribution in [1.82, 2.24) is 15.2 Å². The molecule has 7 nitrogen and oxygen atoms in total. The minimum Gasteiger partial charge on any atom is -0.488 e. The fourth-order valence-corrected chi connectivity index (χ4v) is 8.00. The Bertz CT molecular complexity index is 1570. The maximum absolute atomic E-state index is 14.4. The Kier molecular flexibility index (Phi) is 10.6. The van der Waals surface area contributed by atoms with Crippen molar-refractivity contribution in [2.24, 2.45) is 0 Å². The number of amides is 1. The average molecular weight is 712 g/mol. The third-order valence-corrected chi connectivity index (χ3v) is 11.0. The number of rotatable bonds is 12. The molecule has 2 N–H and O–H groups in total. The van der Waals surface area contributed by atoms with Crippen molar-refractivity contribution in [2.75, 3.05) is 13.2 Å². The number of nitrogens with one attached hydrogen (secondary N) is 1. The third kappa shape index (κ3) is 7.65. The molecule has 3 aromatic rings. The zero-order valence-electron chi connectivity index (χ0n) is 24.8. The average Bonchev–Trinajstić information content (AvgIpc) is 3.74. The number of aromatic nitrogens is 1. The number of carbonyl (C=O) groups is 1. The molecule has 2 aliphatic heterocycles. The molecule has 2 bridgehead atoms. The Labute approximate surface area is 287 Å². The lowest BCUT2D eigenvalue weighted by Crippen LogP contribution is -2.51. The summed E-state index contributed by atoms with van der Waals surface area (Å²) in [7, 11) is 0. The monoisotopic (exact) mass is 709 g/mol. The van der Waals surface area contributed by atoms with Crippen LogP contribution in [0.3, 0.4) is 0 Å². The predicted molar refractivity (Wildman–Crippen MR) is 180 cm³/mol. The maximum Gasteiger partial charge on any atom is 0.252 e. The molecule has 12 heteroatoms. The molecule has 0 unspecified atom stereocenters. The second kappa shape index (κ2) is 14.5. The van der Waals surface area contributed by atoms with Crippen LogP contribution in [0.15, 0.2) is 42.1 Å². The normalized spacial score (nSPS) is 20.3. The van der Waals surface area contributed by atoms with E-state index >= 15 is 0 Å². The first kappa shape index (κ1) is 33.0. The SMILES string of the molecule is C[C@H](O)c1cc(Cl)c(OCCOCc2ncc(C3=C(C(=O)N(Cc4cccc(Cl)c4Cl)C4CC4)[C@@H]4CCC[C@H](C3)N4)s2)c(Cl)c1. The minimum atomic E-state index is -0.680. The summed E-state index contributed by atoms with van der Waals surface area (Å²) >= 11 is 27.0. The van der Waals surface area contributed by atoms with Crippen molar-refractivity contribution in [3.05, 3.63) is 83.2 Å². The number of nitrogens with zero attached hydrogens (tertiary/aromatic N) is 2. The van der Waals surface area contributed by atoms with Crippen molar-refractivity contribution in [2.45, 2.75) is 82.8 Å². The lowest BCUT2D eigenvalue weighted by molar-refractivity contribution is -0.128. The van der Waals surface area contributed by atoms with E-state index in [2.05, 4.69) is 10.3 Å². The highest BCUT2D eigenvalue weighted by molar-refractivity contribution is 7.12. The van der Waals surface area contributed by atoms with Gasteiger partial charge in [-0.15, -0.1) is 11.3 Å². The molecule has 1 amide bonds. The summed E-state index contributed by atoms with van der Waals surface area (Å²) in [5.74, 6) is 0.435. The van der Waals surface area contributed by atoms with Gasteiger partial charge in [0, 0.05) is 36.4 Å². The van der Waals surface area contributed by atoms with Crippen molar-refractivity contribution >= 4 is 69.2 Å². The van der Waals surface area contributed by atoms with Gasteiger partial charge in [0.25, 0.3) is 5.91 Å². The Morgan fingerprint density at radius 2 is 1.89 bits per heavy atom. The Morgan fingerprint density at radius 3 is 2.62 bits per heavy atom. The van der Waals surface area contributed by atoms with Crippen LogP contribution in [0.25, 0.3) is 5.57 Å². The number of aliphatic hydroxyl groups is 1. The van der Waals surface area contributed by atoms with E-state index < -0.39 is 6.10 Å². The highest BCUT2D eigenvalue weighted by Crippen LogP contribution is 2.41. The van der Waals surface area contributed by atoms with Crippen molar-refractivity contribution in [3.8, 4) is 5.75 Å². The molecule has 1 aromatic heterocycles. The fourth-order valence-electron chi connectivity index (χ4n) is 6.09. The van der Waals surface area contributed by atoms with Gasteiger partial charge in [0.05, 0.1) is 44.3 Å². The van der Waals surface area contributed by atoms with Gasteiger partial charge >= 0.3 is 0 Å². The molecular formula is C33H35Cl4N3O4S. The number of piperidine rings is 1. The maximum atomic E-state index is 14.4. The minimum absolute atomic E-state index is 0.0170. The van der Waals surface area contributed by atoms with E-state index in [1.807, 2.05) is 23.2 Å². The Hall–Kier alpha value is -1.88. The number of thiazole rings is 1. The molecule has 45 heavy (non-hydrogen) atoms. The number of fused-ring (bicyclic) bond motifs is 2. The molecule has 1 saturated carbocycles. The molecule has 0 radical (unpaired) electrons. The van der Waals surface area contributed by atoms with Crippen LogP contribution in [0.4, 0.5) is 0 Å². The van der Waals surface area contributed by atoms with Gasteiger partial charge in [0.1, 0.15) is 11.6 Å². The molecule has 1 saturated heterocycles. The smallest absolute Gasteiger partial charge is 0.252 e. The van der Waals surface area contributed by atoms with Gasteiger partial charge in [-0.05, 0) is 80.3 Å². The van der Waals surface area contributed by atoms with Gasteiger partial charge < -0.3 is 24.8 Å². The Morgan fingerprint density at radius 1 is 1.11 bits per heavy atom. The van der Waals surface area contributed by atoms with Crippen LogP contribution in [0.1, 0.15) is 72.6 Å². The van der Waals surface area contributed by atoms with Crippen LogP contribution in [-0.2, 0) is 22.7 Å². The summed E-state index contributed by atoms with van der Waals surface area (Å²) in [5.41, 5.74) is 3.43. The van der Waals surface area contributed by atoms with E-state index in [0.717, 1.165) is 65.1 Å². The second-order valence-corrected chi connectivity index (χ2v) is 14.5. The van der Waals surface area contributed by atoms with E-state index in [0.29, 0.717) is 57.2 Å². The van der Waals surface area contributed by atoms with E-state index in [9.17, 15) is 9.90 Å². The number of halogens is 4. The Balaban J connectivity index is 1.15. The fraction of sp³-hybridized carbons (Fsp3) is 0.455. The van der Waals surface area contributed by atoms with Gasteiger partial charge in [-0.1, -0.05) is 58.5 Å². The highest BCUT2D eigenvalue weighted by Gasteiger charge is 2.41. The highest BCUT2D eigenvalue weighted by atomic mass is 35.5. The number of hydrogen-bond acceptors (Lipinski definition) is 7. The molecule has 1 aliphatic carbocycles. The summed E-state index contributed by atoms with van der Waals surface area (Å²) in [5, 5.41) is 16.0. The van der Waals surface area contributed by atoms with Crippen molar-refractivity contribution in [1.29, 1.82) is 0 Å². The molecule has 3 atom stereocenters. The number of aliphatic hydroxyl groups excluding tert-OH is 1. The largest absolute Gasteiger partial charge is 0.488 e. The first-order valence-electron chi connectivity index (χ1n) is 15.2. The van der Waals surface area contributed by atoms with Crippen LogP contribution in [0.2, 0.25) is 20.1 Å². The molecule has 0 spiro atoms. The molecule has 3 aliphatic rings. The molecule has 240 valence electrons. The molecule has 2 fully saturated rings. The first-order chi connectivity index (χ1) is 21.7. The third-order valence-electron chi connectivity index (χ3n) is 8.51. The first-order valence-corrected chi connectivity index (χ1v) is 17.6. The number of carbonyl (C=O) groups excluding carboxylic acids is 1. The quantitative estimate of drug-likeness (QED) is 0.184. The summed E-state index contributed by atoms with van der Waals surface area (Å²) in [6.07, 6.45) is 7.09. The van der Waals surface area contributed by atoms with Gasteiger partial charge in [-0.2, -0.15) is 0 Å². The van der Waals surface area contributed by atoms with Crippen LogP contribution < -0.4 is 10.1 Å². The summed E-state index contributed by atoms with van der Waals surface area (Å²) in [6, 6.07) is 9.45. The summed E-state index contributed by atoms with van der Waals surface area (Å²) in [6.45, 7) is 2.95. The lowest BCUT2D eigenvalue weighted by Gasteiger charge is -2.40. The molecular weight excluding hydrogens is 676 g/mol. The number of ether oxygens (including phenoxy) is 2. The van der Waals surface area contributed by atoms with Gasteiger partial charge in [0.2, 0.25) is 0 Å². The zero-order valence-corrected chi connectivity index (χ0v) is 28.7. The van der Waals surface area contributed by atoms with Crippen molar-refractivity contribution < 1.29 is 19.4 Å². The molecule has 6 rings (SSSR count). The van der Waals surface area contributed by atoms with E-state index in [4.69, 9.17) is 55.9 Å². The van der Waals surface area contributed by atoms with Crippen LogP contribution >= 0.6 is 57.7 Å². The van der Waals surface area contributed by atoms with E-state index in [1.54, 1.807) is 36.5 Å². The molecule has 2 aromatic carbocycles. The summed E-state index contributed by atoms with van der Waals surface area (Å²) in [4.78, 5) is 22.0. The number of benzene rings is 2. The predicted octanol–water partition coefficient (Wildman–Crippen LogP) is 8.26. The van der Waals surface area contributed by atoms with Crippen LogP contribution in [0.5, 0.6) is 5.75 Å². The lowest BCUT2D eigenvalue weighted by atomic mass is 9.81. The van der Waals surface area contributed by atoms with Gasteiger partial charge in [-0.3, -0.25) is 4.79 Å².